The lowest BCUT2D eigenvalue weighted by atomic mass is 9.77. The summed E-state index contributed by atoms with van der Waals surface area (Å²) >= 11 is 0. The molecular weight excluding hydrogens is 180 g/mol. The van der Waals surface area contributed by atoms with Gasteiger partial charge in [0.2, 0.25) is 0 Å². The highest BCUT2D eigenvalue weighted by Crippen LogP contribution is 2.16. The van der Waals surface area contributed by atoms with E-state index in [9.17, 15) is 12.9 Å². The van der Waals surface area contributed by atoms with Crippen molar-refractivity contribution in [2.45, 2.75) is 6.92 Å². The lowest BCUT2D eigenvalue weighted by molar-refractivity contribution is 0.414. The van der Waals surface area contributed by atoms with Crippen molar-refractivity contribution in [2.24, 2.45) is 0 Å². The van der Waals surface area contributed by atoms with Crippen LogP contribution in [0.25, 0.3) is 0 Å². The molecule has 0 aliphatic heterocycles. The largest absolute Gasteiger partial charge is 0.510 e. The number of hydrogen-bond acceptors (Lipinski definition) is 1. The molecule has 0 N–H and O–H groups in total. The maximum atomic E-state index is 12.4. The van der Waals surface area contributed by atoms with Gasteiger partial charge in [-0.3, -0.25) is 0 Å². The molecule has 0 saturated heterocycles. The summed E-state index contributed by atoms with van der Waals surface area (Å²) in [6, 6.07) is 3.94. The van der Waals surface area contributed by atoms with Crippen LogP contribution >= 0.6 is 0 Å². The van der Waals surface area contributed by atoms with Crippen molar-refractivity contribution in [3.63, 3.8) is 0 Å². The van der Waals surface area contributed by atoms with Gasteiger partial charge in [-0.25, -0.2) is 0 Å². The molecule has 0 saturated carbocycles. The number of ether oxygens (including phenoxy) is 1. The van der Waals surface area contributed by atoms with Gasteiger partial charge in [0.05, 0.1) is 7.11 Å². The summed E-state index contributed by atoms with van der Waals surface area (Å²) in [5.74, 6) is 0.236. The van der Waals surface area contributed by atoms with E-state index in [2.05, 4.69) is 0 Å². The summed E-state index contributed by atoms with van der Waals surface area (Å²) in [6.45, 7) is -3.50. The lowest BCUT2D eigenvalue weighted by Crippen LogP contribution is -2.36. The Kier molecular flexibility index (Phi) is 2.54. The van der Waals surface area contributed by atoms with Gasteiger partial charge in [-0.2, -0.15) is 0 Å². The third-order valence-electron chi connectivity index (χ3n) is 1.84. The fourth-order valence-electron chi connectivity index (χ4n) is 1.10. The zero-order valence-electron chi connectivity index (χ0n) is 7.35. The third kappa shape index (κ3) is 2.17. The molecule has 1 aromatic rings. The first-order valence-electron chi connectivity index (χ1n) is 3.79. The van der Waals surface area contributed by atoms with Gasteiger partial charge in [0.15, 0.2) is 0 Å². The number of halogens is 3. The molecule has 0 aromatic heterocycles. The maximum Gasteiger partial charge on any atom is 0.510 e. The average Bonchev–Trinajstić information content (AvgIpc) is 2.03. The maximum absolute atomic E-state index is 12.4. The van der Waals surface area contributed by atoms with Gasteiger partial charge in [-0.1, -0.05) is 11.6 Å². The van der Waals surface area contributed by atoms with E-state index in [4.69, 9.17) is 4.74 Å². The Balaban J connectivity index is 3.19. The first kappa shape index (κ1) is 9.96. The molecule has 1 aromatic carbocycles. The standard InChI is InChI=1S/C8H9BF3O/c1-6-3-4-7(13-2)5-8(6)9(10,11)12/h3-5H,1-2H3/q-1. The number of aryl methyl sites for hydroxylation is 1. The summed E-state index contributed by atoms with van der Waals surface area (Å²) in [5.41, 5.74) is -0.354. The zero-order chi connectivity index (χ0) is 10.1. The molecule has 0 unspecified atom stereocenters. The van der Waals surface area contributed by atoms with E-state index in [0.717, 1.165) is 6.07 Å². The Labute approximate surface area is 74.6 Å². The Morgan fingerprint density at radius 3 is 2.31 bits per heavy atom. The molecule has 0 aliphatic carbocycles. The van der Waals surface area contributed by atoms with E-state index in [1.807, 2.05) is 0 Å². The molecule has 13 heavy (non-hydrogen) atoms. The molecule has 0 bridgehead atoms. The van der Waals surface area contributed by atoms with Crippen LogP contribution in [0.2, 0.25) is 0 Å². The summed E-state index contributed by atoms with van der Waals surface area (Å²) in [4.78, 5) is 0. The summed E-state index contributed by atoms with van der Waals surface area (Å²) < 4.78 is 41.8. The summed E-state index contributed by atoms with van der Waals surface area (Å²) in [6.07, 6.45) is 0. The van der Waals surface area contributed by atoms with Crippen molar-refractivity contribution in [3.05, 3.63) is 23.8 Å². The van der Waals surface area contributed by atoms with E-state index >= 15 is 0 Å². The number of hydrogen-bond donors (Lipinski definition) is 0. The van der Waals surface area contributed by atoms with E-state index in [0.29, 0.717) is 0 Å². The first-order chi connectivity index (χ1) is 5.95. The summed E-state index contributed by atoms with van der Waals surface area (Å²) in [5, 5.41) is 0. The highest BCUT2D eigenvalue weighted by Gasteiger charge is 2.27. The smallest absolute Gasteiger partial charge is 0.497 e. The Bertz CT molecular complexity index is 309. The van der Waals surface area contributed by atoms with Gasteiger partial charge in [-0.05, 0) is 19.1 Å². The van der Waals surface area contributed by atoms with Crippen LogP contribution in [0.4, 0.5) is 12.9 Å². The molecule has 1 nitrogen and oxygen atoms in total. The van der Waals surface area contributed by atoms with Gasteiger partial charge < -0.3 is 17.7 Å². The minimum Gasteiger partial charge on any atom is -0.497 e. The molecule has 72 valence electrons. The van der Waals surface area contributed by atoms with E-state index in [-0.39, 0.29) is 11.3 Å². The predicted molar refractivity (Wildman–Crippen MR) is 46.4 cm³/mol. The molecular formula is C8H9BF3O-. The van der Waals surface area contributed by atoms with Crippen LogP contribution in [0, 0.1) is 6.92 Å². The molecule has 0 fully saturated rings. The van der Waals surface area contributed by atoms with Gasteiger partial charge in [-0.15, -0.1) is 5.46 Å². The van der Waals surface area contributed by atoms with E-state index in [1.54, 1.807) is 0 Å². The SMILES string of the molecule is COc1ccc(C)c([B-](F)(F)F)c1. The van der Waals surface area contributed by atoms with Crippen molar-refractivity contribution >= 4 is 12.4 Å². The van der Waals surface area contributed by atoms with Gasteiger partial charge in [0, 0.05) is 0 Å². The molecule has 0 heterocycles. The second-order valence-corrected chi connectivity index (χ2v) is 2.80. The zero-order valence-corrected chi connectivity index (χ0v) is 7.35. The van der Waals surface area contributed by atoms with Crippen LogP contribution in [0.1, 0.15) is 5.56 Å². The van der Waals surface area contributed by atoms with Gasteiger partial charge in [0.25, 0.3) is 0 Å². The van der Waals surface area contributed by atoms with Gasteiger partial charge in [0.1, 0.15) is 5.75 Å². The molecule has 1 rings (SSSR count). The van der Waals surface area contributed by atoms with Crippen molar-refractivity contribution in [1.82, 2.24) is 0 Å². The fourth-order valence-corrected chi connectivity index (χ4v) is 1.10. The highest BCUT2D eigenvalue weighted by atomic mass is 19.4. The van der Waals surface area contributed by atoms with Crippen LogP contribution in [0.15, 0.2) is 18.2 Å². The van der Waals surface area contributed by atoms with Crippen molar-refractivity contribution < 1.29 is 17.7 Å². The molecule has 0 atom stereocenters. The molecule has 0 aliphatic rings. The number of rotatable bonds is 2. The van der Waals surface area contributed by atoms with Crippen LogP contribution < -0.4 is 10.2 Å². The van der Waals surface area contributed by atoms with E-state index in [1.165, 1.54) is 26.2 Å². The minimum atomic E-state index is -4.94. The molecule has 0 spiro atoms. The van der Waals surface area contributed by atoms with Crippen molar-refractivity contribution in [3.8, 4) is 5.75 Å². The van der Waals surface area contributed by atoms with Gasteiger partial charge >= 0.3 is 6.98 Å². The van der Waals surface area contributed by atoms with Crippen LogP contribution in [0.3, 0.4) is 0 Å². The highest BCUT2D eigenvalue weighted by molar-refractivity contribution is 6.74. The summed E-state index contributed by atoms with van der Waals surface area (Å²) in [7, 11) is 1.35. The third-order valence-corrected chi connectivity index (χ3v) is 1.84. The molecule has 0 amide bonds. The van der Waals surface area contributed by atoms with Crippen LogP contribution in [-0.2, 0) is 0 Å². The topological polar surface area (TPSA) is 9.23 Å². The lowest BCUT2D eigenvalue weighted by Gasteiger charge is -2.18. The predicted octanol–water partition coefficient (Wildman–Crippen LogP) is 2.06. The van der Waals surface area contributed by atoms with Crippen LogP contribution in [-0.4, -0.2) is 14.1 Å². The van der Waals surface area contributed by atoms with Crippen molar-refractivity contribution in [1.29, 1.82) is 0 Å². The Hall–Kier alpha value is -1.13. The quantitative estimate of drug-likeness (QED) is 0.647. The number of benzene rings is 1. The Morgan fingerprint density at radius 2 is 1.85 bits per heavy atom. The van der Waals surface area contributed by atoms with Crippen molar-refractivity contribution in [2.75, 3.05) is 7.11 Å². The second-order valence-electron chi connectivity index (χ2n) is 2.80. The van der Waals surface area contributed by atoms with E-state index < -0.39 is 12.4 Å². The Morgan fingerprint density at radius 1 is 1.23 bits per heavy atom. The minimum absolute atomic E-state index is 0.230. The van der Waals surface area contributed by atoms with Crippen LogP contribution in [0.5, 0.6) is 5.75 Å². The molecule has 5 heteroatoms. The average molecular weight is 189 g/mol. The second kappa shape index (κ2) is 3.32. The fraction of sp³-hybridized carbons (Fsp3) is 0.250. The monoisotopic (exact) mass is 189 g/mol. The number of methoxy groups -OCH3 is 1. The first-order valence-corrected chi connectivity index (χ1v) is 3.79. The normalized spacial score (nSPS) is 11.5. The molecule has 0 radical (unpaired) electrons.